The molecule has 2 nitrogen and oxygen atoms in total. The summed E-state index contributed by atoms with van der Waals surface area (Å²) < 4.78 is 0. The van der Waals surface area contributed by atoms with Gasteiger partial charge in [-0.2, -0.15) is 0 Å². The van der Waals surface area contributed by atoms with Crippen LogP contribution in [0.4, 0.5) is 0 Å². The largest absolute Gasteiger partial charge is 0.316 e. The van der Waals surface area contributed by atoms with E-state index in [9.17, 15) is 0 Å². The van der Waals surface area contributed by atoms with Gasteiger partial charge in [-0.05, 0) is 36.4 Å². The summed E-state index contributed by atoms with van der Waals surface area (Å²) in [5, 5.41) is 5.08. The van der Waals surface area contributed by atoms with Crippen LogP contribution in [0.5, 0.6) is 0 Å². The second kappa shape index (κ2) is 5.61. The third-order valence-corrected chi connectivity index (χ3v) is 3.73. The zero-order valence-electron chi connectivity index (χ0n) is 11.2. The normalized spacial score (nSPS) is 10.9. The molecule has 0 atom stereocenters. The molecule has 0 aliphatic heterocycles. The lowest BCUT2D eigenvalue weighted by Crippen LogP contribution is -2.05. The molecule has 1 heterocycles. The molecule has 3 heteroatoms. The fourth-order valence-electron chi connectivity index (χ4n) is 2.41. The molecular weight excluding hydrogens is 268 g/mol. The van der Waals surface area contributed by atoms with Crippen molar-refractivity contribution in [1.82, 2.24) is 10.3 Å². The average molecular weight is 283 g/mol. The van der Waals surface area contributed by atoms with E-state index in [2.05, 4.69) is 40.6 Å². The van der Waals surface area contributed by atoms with Crippen molar-refractivity contribution in [3.8, 4) is 11.1 Å². The lowest BCUT2D eigenvalue weighted by Gasteiger charge is -2.09. The van der Waals surface area contributed by atoms with Crippen molar-refractivity contribution in [1.29, 1.82) is 0 Å². The maximum absolute atomic E-state index is 6.23. The van der Waals surface area contributed by atoms with Crippen molar-refractivity contribution >= 4 is 22.5 Å². The minimum absolute atomic E-state index is 0.755. The van der Waals surface area contributed by atoms with Crippen LogP contribution in [-0.4, -0.2) is 12.0 Å². The first-order valence-electron chi connectivity index (χ1n) is 6.57. The van der Waals surface area contributed by atoms with Crippen LogP contribution in [0, 0.1) is 0 Å². The van der Waals surface area contributed by atoms with Crippen molar-refractivity contribution in [2.45, 2.75) is 6.54 Å². The van der Waals surface area contributed by atoms with E-state index in [0.717, 1.165) is 39.2 Å². The van der Waals surface area contributed by atoms with E-state index >= 15 is 0 Å². The summed E-state index contributed by atoms with van der Waals surface area (Å²) in [7, 11) is 1.92. The fourth-order valence-corrected chi connectivity index (χ4v) is 2.59. The van der Waals surface area contributed by atoms with Crippen LogP contribution in [0.25, 0.3) is 22.0 Å². The quantitative estimate of drug-likeness (QED) is 0.776. The Bertz CT molecular complexity index is 748. The average Bonchev–Trinajstić information content (AvgIpc) is 2.49. The number of nitrogens with zero attached hydrogens (tertiary/aromatic N) is 1. The summed E-state index contributed by atoms with van der Waals surface area (Å²) in [6.45, 7) is 0.755. The highest BCUT2D eigenvalue weighted by Crippen LogP contribution is 2.29. The summed E-state index contributed by atoms with van der Waals surface area (Å²) in [6, 6.07) is 16.4. The number of para-hydroxylation sites is 1. The molecule has 0 fully saturated rings. The Labute approximate surface area is 123 Å². The molecule has 100 valence electrons. The number of pyridine rings is 1. The van der Waals surface area contributed by atoms with Gasteiger partial charge >= 0.3 is 0 Å². The molecule has 3 aromatic rings. The number of hydrogen-bond donors (Lipinski definition) is 1. The zero-order valence-corrected chi connectivity index (χ0v) is 12.0. The van der Waals surface area contributed by atoms with Crippen molar-refractivity contribution in [3.63, 3.8) is 0 Å². The molecule has 3 rings (SSSR count). The standard InChI is InChI=1S/C17H15ClN2/c1-19-11-14-10-13(7-8-16(14)18)15-6-2-4-12-5-3-9-20-17(12)15/h2-10,19H,11H2,1H3. The molecule has 0 aliphatic rings. The van der Waals surface area contributed by atoms with E-state index in [1.165, 1.54) is 0 Å². The smallest absolute Gasteiger partial charge is 0.0780 e. The van der Waals surface area contributed by atoms with Crippen LogP contribution < -0.4 is 5.32 Å². The molecule has 0 radical (unpaired) electrons. The Morgan fingerprint density at radius 1 is 1.10 bits per heavy atom. The van der Waals surface area contributed by atoms with E-state index < -0.39 is 0 Å². The molecule has 0 spiro atoms. The molecule has 0 aliphatic carbocycles. The molecule has 1 aromatic heterocycles. The molecule has 2 aromatic carbocycles. The number of fused-ring (bicyclic) bond motifs is 1. The van der Waals surface area contributed by atoms with Crippen molar-refractivity contribution in [3.05, 3.63) is 65.3 Å². The fraction of sp³-hybridized carbons (Fsp3) is 0.118. The molecular formula is C17H15ClN2. The predicted molar refractivity (Wildman–Crippen MR) is 85.0 cm³/mol. The third-order valence-electron chi connectivity index (χ3n) is 3.36. The first kappa shape index (κ1) is 13.1. The van der Waals surface area contributed by atoms with Gasteiger partial charge in [0.25, 0.3) is 0 Å². The van der Waals surface area contributed by atoms with E-state index in [0.29, 0.717) is 0 Å². The van der Waals surface area contributed by atoms with Crippen LogP contribution in [-0.2, 0) is 6.54 Å². The van der Waals surface area contributed by atoms with E-state index in [4.69, 9.17) is 11.6 Å². The number of halogens is 1. The topological polar surface area (TPSA) is 24.9 Å². The number of aromatic nitrogens is 1. The van der Waals surface area contributed by atoms with Crippen LogP contribution in [0.15, 0.2) is 54.7 Å². The number of benzene rings is 2. The van der Waals surface area contributed by atoms with Gasteiger partial charge in [-0.1, -0.05) is 41.9 Å². The molecule has 1 N–H and O–H groups in total. The van der Waals surface area contributed by atoms with Gasteiger partial charge in [-0.15, -0.1) is 0 Å². The van der Waals surface area contributed by atoms with Gasteiger partial charge in [0.15, 0.2) is 0 Å². The first-order valence-corrected chi connectivity index (χ1v) is 6.94. The second-order valence-corrected chi connectivity index (χ2v) is 5.12. The lowest BCUT2D eigenvalue weighted by atomic mass is 10.00. The van der Waals surface area contributed by atoms with Gasteiger partial charge in [0.2, 0.25) is 0 Å². The van der Waals surface area contributed by atoms with E-state index in [1.54, 1.807) is 0 Å². The van der Waals surface area contributed by atoms with Gasteiger partial charge < -0.3 is 5.32 Å². The lowest BCUT2D eigenvalue weighted by molar-refractivity contribution is 0.818. The van der Waals surface area contributed by atoms with Crippen LogP contribution in [0.2, 0.25) is 5.02 Å². The maximum atomic E-state index is 6.23. The minimum atomic E-state index is 0.755. The highest BCUT2D eigenvalue weighted by atomic mass is 35.5. The van der Waals surface area contributed by atoms with Gasteiger partial charge in [-0.25, -0.2) is 0 Å². The molecule has 0 bridgehead atoms. The van der Waals surface area contributed by atoms with Crippen molar-refractivity contribution in [2.75, 3.05) is 7.05 Å². The molecule has 0 unspecified atom stereocenters. The Balaban J connectivity index is 2.18. The Hall–Kier alpha value is -1.90. The monoisotopic (exact) mass is 282 g/mol. The van der Waals surface area contributed by atoms with Gasteiger partial charge in [0.05, 0.1) is 5.52 Å². The van der Waals surface area contributed by atoms with Gasteiger partial charge in [0, 0.05) is 28.7 Å². The summed E-state index contributed by atoms with van der Waals surface area (Å²) in [5.74, 6) is 0. The summed E-state index contributed by atoms with van der Waals surface area (Å²) in [4.78, 5) is 4.51. The Kier molecular flexibility index (Phi) is 3.68. The summed E-state index contributed by atoms with van der Waals surface area (Å²) in [5.41, 5.74) is 4.40. The maximum Gasteiger partial charge on any atom is 0.0780 e. The SMILES string of the molecule is CNCc1cc(-c2cccc3cccnc23)ccc1Cl. The van der Waals surface area contributed by atoms with Crippen LogP contribution in [0.1, 0.15) is 5.56 Å². The van der Waals surface area contributed by atoms with Gasteiger partial charge in [-0.3, -0.25) is 4.98 Å². The molecule has 0 amide bonds. The summed E-state index contributed by atoms with van der Waals surface area (Å²) in [6.07, 6.45) is 1.83. The highest BCUT2D eigenvalue weighted by molar-refractivity contribution is 6.31. The van der Waals surface area contributed by atoms with Crippen LogP contribution >= 0.6 is 11.6 Å². The molecule has 0 saturated carbocycles. The number of hydrogen-bond acceptors (Lipinski definition) is 2. The Morgan fingerprint density at radius 2 is 1.95 bits per heavy atom. The first-order chi connectivity index (χ1) is 9.79. The molecule has 20 heavy (non-hydrogen) atoms. The summed E-state index contributed by atoms with van der Waals surface area (Å²) >= 11 is 6.23. The van der Waals surface area contributed by atoms with Crippen molar-refractivity contribution < 1.29 is 0 Å². The van der Waals surface area contributed by atoms with E-state index in [1.807, 2.05) is 31.4 Å². The predicted octanol–water partition coefficient (Wildman–Crippen LogP) is 4.27. The minimum Gasteiger partial charge on any atom is -0.316 e. The Morgan fingerprint density at radius 3 is 2.80 bits per heavy atom. The number of rotatable bonds is 3. The van der Waals surface area contributed by atoms with E-state index in [-0.39, 0.29) is 0 Å². The highest BCUT2D eigenvalue weighted by Gasteiger charge is 2.07. The van der Waals surface area contributed by atoms with Crippen molar-refractivity contribution in [2.24, 2.45) is 0 Å². The second-order valence-electron chi connectivity index (χ2n) is 4.72. The van der Waals surface area contributed by atoms with Gasteiger partial charge in [0.1, 0.15) is 0 Å². The number of nitrogens with one attached hydrogen (secondary N) is 1. The third kappa shape index (κ3) is 2.40. The zero-order chi connectivity index (χ0) is 13.9. The molecule has 0 saturated heterocycles. The van der Waals surface area contributed by atoms with Crippen LogP contribution in [0.3, 0.4) is 0 Å².